The van der Waals surface area contributed by atoms with Gasteiger partial charge in [-0.25, -0.2) is 9.37 Å². The van der Waals surface area contributed by atoms with E-state index in [1.807, 2.05) is 55.5 Å². The lowest BCUT2D eigenvalue weighted by molar-refractivity contribution is -0.116. The Morgan fingerprint density at radius 2 is 1.79 bits per heavy atom. The van der Waals surface area contributed by atoms with E-state index >= 15 is 0 Å². The van der Waals surface area contributed by atoms with Crippen LogP contribution in [0, 0.1) is 12.7 Å². The molecule has 0 aliphatic rings. The van der Waals surface area contributed by atoms with Gasteiger partial charge >= 0.3 is 0 Å². The summed E-state index contributed by atoms with van der Waals surface area (Å²) in [5.41, 5.74) is 3.07. The maximum atomic E-state index is 13.1. The normalized spacial score (nSPS) is 11.0. The number of nitrogens with zero attached hydrogens (tertiary/aromatic N) is 2. The van der Waals surface area contributed by atoms with Crippen LogP contribution in [-0.2, 0) is 11.3 Å². The molecule has 1 amide bonds. The third-order valence-corrected chi connectivity index (χ3v) is 6.54. The molecule has 1 aromatic heterocycles. The van der Waals surface area contributed by atoms with E-state index in [0.717, 1.165) is 26.2 Å². The Labute approximate surface area is 177 Å². The zero-order valence-electron chi connectivity index (χ0n) is 15.8. The van der Waals surface area contributed by atoms with Crippen LogP contribution in [0.5, 0.6) is 0 Å². The number of rotatable bonds is 6. The molecule has 146 valence electrons. The second kappa shape index (κ2) is 8.76. The summed E-state index contributed by atoms with van der Waals surface area (Å²) >= 11 is 2.93. The molecule has 0 bridgehead atoms. The minimum Gasteiger partial charge on any atom is -0.283 e. The van der Waals surface area contributed by atoms with Gasteiger partial charge in [-0.1, -0.05) is 53.8 Å². The average Bonchev–Trinajstić information content (AvgIpc) is 3.17. The SMILES string of the molecule is Cc1cccc2sc(N(Cc3ccccc3)C(=O)CSc3ccc(F)cc3)nc12. The molecular weight excluding hydrogens is 403 g/mol. The molecule has 6 heteroatoms. The lowest BCUT2D eigenvalue weighted by Gasteiger charge is -2.20. The van der Waals surface area contributed by atoms with Crippen molar-refractivity contribution in [1.29, 1.82) is 0 Å². The Morgan fingerprint density at radius 1 is 1.03 bits per heavy atom. The van der Waals surface area contributed by atoms with Crippen LogP contribution < -0.4 is 4.90 Å². The van der Waals surface area contributed by atoms with Crippen LogP contribution in [0.1, 0.15) is 11.1 Å². The summed E-state index contributed by atoms with van der Waals surface area (Å²) in [5, 5.41) is 0.697. The number of halogens is 1. The molecule has 0 radical (unpaired) electrons. The van der Waals surface area contributed by atoms with E-state index in [9.17, 15) is 9.18 Å². The van der Waals surface area contributed by atoms with Gasteiger partial charge < -0.3 is 0 Å². The molecule has 0 unspecified atom stereocenters. The molecule has 0 spiro atoms. The molecule has 1 heterocycles. The first kappa shape index (κ1) is 19.6. The summed E-state index contributed by atoms with van der Waals surface area (Å²) < 4.78 is 14.2. The monoisotopic (exact) mass is 422 g/mol. The van der Waals surface area contributed by atoms with Crippen LogP contribution in [0.4, 0.5) is 9.52 Å². The van der Waals surface area contributed by atoms with Crippen LogP contribution in [0.2, 0.25) is 0 Å². The van der Waals surface area contributed by atoms with Crippen molar-refractivity contribution in [1.82, 2.24) is 4.98 Å². The highest BCUT2D eigenvalue weighted by atomic mass is 32.2. The molecule has 3 nitrogen and oxygen atoms in total. The summed E-state index contributed by atoms with van der Waals surface area (Å²) in [6, 6.07) is 22.2. The number of amides is 1. The quantitative estimate of drug-likeness (QED) is 0.354. The number of carbonyl (C=O) groups excluding carboxylic acids is 1. The zero-order chi connectivity index (χ0) is 20.2. The Bertz CT molecular complexity index is 1130. The predicted octanol–water partition coefficient (Wildman–Crippen LogP) is 6.07. The van der Waals surface area contributed by atoms with Crippen LogP contribution in [0.25, 0.3) is 10.2 Å². The third kappa shape index (κ3) is 4.66. The molecule has 0 saturated heterocycles. The Morgan fingerprint density at radius 3 is 2.52 bits per heavy atom. The lowest BCUT2D eigenvalue weighted by Crippen LogP contribution is -2.31. The molecule has 0 fully saturated rings. The highest BCUT2D eigenvalue weighted by Crippen LogP contribution is 2.32. The summed E-state index contributed by atoms with van der Waals surface area (Å²) in [7, 11) is 0. The van der Waals surface area contributed by atoms with E-state index in [1.54, 1.807) is 17.0 Å². The number of benzene rings is 3. The maximum absolute atomic E-state index is 13.1. The average molecular weight is 423 g/mol. The lowest BCUT2D eigenvalue weighted by atomic mass is 10.2. The molecule has 0 aliphatic heterocycles. The van der Waals surface area contributed by atoms with Gasteiger partial charge in [0.1, 0.15) is 5.82 Å². The molecule has 0 N–H and O–H groups in total. The van der Waals surface area contributed by atoms with E-state index in [4.69, 9.17) is 4.98 Å². The van der Waals surface area contributed by atoms with Gasteiger partial charge in [0.25, 0.3) is 0 Å². The van der Waals surface area contributed by atoms with Gasteiger partial charge in [-0.15, -0.1) is 11.8 Å². The smallest absolute Gasteiger partial charge is 0.239 e. The minimum atomic E-state index is -0.281. The number of aromatic nitrogens is 1. The number of anilines is 1. The van der Waals surface area contributed by atoms with Crippen LogP contribution in [0.3, 0.4) is 0 Å². The molecule has 4 rings (SSSR count). The standard InChI is InChI=1S/C23H19FN2OS2/c1-16-6-5-9-20-22(16)25-23(29-20)26(14-17-7-3-2-4-8-17)21(27)15-28-19-12-10-18(24)11-13-19/h2-13H,14-15H2,1H3. The number of thioether (sulfide) groups is 1. The number of aryl methyl sites for hydroxylation is 1. The molecule has 0 atom stereocenters. The fraction of sp³-hybridized carbons (Fsp3) is 0.130. The van der Waals surface area contributed by atoms with Crippen molar-refractivity contribution in [3.63, 3.8) is 0 Å². The molecule has 3 aromatic carbocycles. The van der Waals surface area contributed by atoms with Crippen molar-refractivity contribution in [2.45, 2.75) is 18.4 Å². The first-order chi connectivity index (χ1) is 14.1. The maximum Gasteiger partial charge on any atom is 0.239 e. The topological polar surface area (TPSA) is 33.2 Å². The Kier molecular flexibility index (Phi) is 5.92. The van der Waals surface area contributed by atoms with E-state index in [-0.39, 0.29) is 17.5 Å². The van der Waals surface area contributed by atoms with Crippen molar-refractivity contribution in [3.8, 4) is 0 Å². The van der Waals surface area contributed by atoms with Crippen molar-refractivity contribution >= 4 is 44.4 Å². The van der Waals surface area contributed by atoms with Gasteiger partial charge in [-0.3, -0.25) is 9.69 Å². The van der Waals surface area contributed by atoms with Crippen LogP contribution in [0.15, 0.2) is 77.7 Å². The van der Waals surface area contributed by atoms with Gasteiger partial charge in [-0.2, -0.15) is 0 Å². The Balaban J connectivity index is 1.60. The van der Waals surface area contributed by atoms with Gasteiger partial charge in [0.05, 0.1) is 22.5 Å². The zero-order valence-corrected chi connectivity index (χ0v) is 17.5. The largest absolute Gasteiger partial charge is 0.283 e. The van der Waals surface area contributed by atoms with Crippen LogP contribution >= 0.6 is 23.1 Å². The Hall–Kier alpha value is -2.70. The predicted molar refractivity (Wildman–Crippen MR) is 119 cm³/mol. The number of hydrogen-bond donors (Lipinski definition) is 0. The van der Waals surface area contributed by atoms with Gasteiger partial charge in [0.2, 0.25) is 5.91 Å². The van der Waals surface area contributed by atoms with Crippen LogP contribution in [-0.4, -0.2) is 16.6 Å². The molecule has 4 aromatic rings. The molecule has 29 heavy (non-hydrogen) atoms. The van der Waals surface area contributed by atoms with Gasteiger partial charge in [0, 0.05) is 4.90 Å². The second-order valence-corrected chi connectivity index (χ2v) is 8.68. The van der Waals surface area contributed by atoms with E-state index < -0.39 is 0 Å². The van der Waals surface area contributed by atoms with E-state index in [1.165, 1.54) is 35.2 Å². The van der Waals surface area contributed by atoms with Gasteiger partial charge in [0.15, 0.2) is 5.13 Å². The van der Waals surface area contributed by atoms with Crippen molar-refractivity contribution in [2.24, 2.45) is 0 Å². The molecule has 0 aliphatic carbocycles. The number of carbonyl (C=O) groups is 1. The summed E-state index contributed by atoms with van der Waals surface area (Å²) in [5.74, 6) is -0.0518. The fourth-order valence-electron chi connectivity index (χ4n) is 2.97. The molecule has 0 saturated carbocycles. The summed E-state index contributed by atoms with van der Waals surface area (Å²) in [6.07, 6.45) is 0. The summed E-state index contributed by atoms with van der Waals surface area (Å²) in [4.78, 5) is 20.5. The third-order valence-electron chi connectivity index (χ3n) is 4.50. The fourth-order valence-corrected chi connectivity index (χ4v) is 4.81. The summed E-state index contributed by atoms with van der Waals surface area (Å²) in [6.45, 7) is 2.49. The second-order valence-electron chi connectivity index (χ2n) is 6.63. The van der Waals surface area contributed by atoms with E-state index in [0.29, 0.717) is 11.7 Å². The van der Waals surface area contributed by atoms with Crippen molar-refractivity contribution in [2.75, 3.05) is 10.7 Å². The molecular formula is C23H19FN2OS2. The first-order valence-corrected chi connectivity index (χ1v) is 11.0. The number of fused-ring (bicyclic) bond motifs is 1. The number of para-hydroxylation sites is 1. The minimum absolute atomic E-state index is 0.0279. The first-order valence-electron chi connectivity index (χ1n) is 9.19. The number of hydrogen-bond acceptors (Lipinski definition) is 4. The highest BCUT2D eigenvalue weighted by Gasteiger charge is 2.21. The van der Waals surface area contributed by atoms with Crippen molar-refractivity contribution < 1.29 is 9.18 Å². The van der Waals surface area contributed by atoms with Crippen molar-refractivity contribution in [3.05, 3.63) is 89.7 Å². The highest BCUT2D eigenvalue weighted by molar-refractivity contribution is 8.00. The van der Waals surface area contributed by atoms with E-state index in [2.05, 4.69) is 0 Å². The van der Waals surface area contributed by atoms with Gasteiger partial charge in [-0.05, 0) is 48.4 Å². The number of thiazole rings is 1.